The Hall–Kier alpha value is -2.53. The Bertz CT molecular complexity index is 955. The summed E-state index contributed by atoms with van der Waals surface area (Å²) in [5, 5.41) is 1.01. The molecule has 0 amide bonds. The number of aromatic nitrogens is 1. The topological polar surface area (TPSA) is 60.5 Å². The average Bonchev–Trinajstić information content (AvgIpc) is 2.58. The molecule has 4 rings (SSSR count). The van der Waals surface area contributed by atoms with E-state index in [1.165, 1.54) is 0 Å². The van der Waals surface area contributed by atoms with Gasteiger partial charge in [-0.25, -0.2) is 0 Å². The summed E-state index contributed by atoms with van der Waals surface area (Å²) in [5.41, 5.74) is 11.0. The van der Waals surface area contributed by atoms with Gasteiger partial charge in [-0.2, -0.15) is 0 Å². The molecule has 1 aromatic heterocycles. The number of pyridine rings is 1. The van der Waals surface area contributed by atoms with Crippen molar-refractivity contribution < 1.29 is 4.74 Å². The van der Waals surface area contributed by atoms with Crippen molar-refractivity contribution in [1.29, 1.82) is 0 Å². The molecule has 0 saturated heterocycles. The zero-order valence-corrected chi connectivity index (χ0v) is 14.0. The van der Waals surface area contributed by atoms with Gasteiger partial charge >= 0.3 is 0 Å². The Kier molecular flexibility index (Phi) is 3.28. The molecule has 0 aliphatic carbocycles. The fourth-order valence-electron chi connectivity index (χ4n) is 3.80. The lowest BCUT2D eigenvalue weighted by molar-refractivity contribution is 0.272. The predicted octanol–water partition coefficient (Wildman–Crippen LogP) is 2.48. The summed E-state index contributed by atoms with van der Waals surface area (Å²) in [7, 11) is 0. The Labute approximate surface area is 140 Å². The van der Waals surface area contributed by atoms with Gasteiger partial charge in [0.1, 0.15) is 6.61 Å². The Morgan fingerprint density at radius 3 is 2.92 bits per heavy atom. The first-order chi connectivity index (χ1) is 11.6. The van der Waals surface area contributed by atoms with Gasteiger partial charge in [0.2, 0.25) is 0 Å². The minimum Gasteiger partial charge on any atom is -0.487 e. The molecule has 2 N–H and O–H groups in total. The third-order valence-corrected chi connectivity index (χ3v) is 4.93. The number of hydrogen-bond donors (Lipinski definition) is 1. The Morgan fingerprint density at radius 1 is 1.42 bits per heavy atom. The SMILES string of the molecule is C=C1C=C(C)c2cc3ccc(=O)n(CC)c3c3c2N1C(CN)CO3. The first-order valence-electron chi connectivity index (χ1n) is 8.27. The van der Waals surface area contributed by atoms with E-state index in [0.29, 0.717) is 19.7 Å². The highest BCUT2D eigenvalue weighted by Crippen LogP contribution is 2.48. The first kappa shape index (κ1) is 15.0. The minimum atomic E-state index is -0.0146. The molecule has 0 saturated carbocycles. The molecule has 0 radical (unpaired) electrons. The van der Waals surface area contributed by atoms with Crippen LogP contribution < -0.4 is 20.9 Å². The smallest absolute Gasteiger partial charge is 0.251 e. The van der Waals surface area contributed by atoms with E-state index in [9.17, 15) is 4.79 Å². The number of ether oxygens (including phenoxy) is 1. The zero-order valence-electron chi connectivity index (χ0n) is 14.0. The molecule has 5 nitrogen and oxygen atoms in total. The van der Waals surface area contributed by atoms with Gasteiger partial charge in [0, 0.05) is 35.8 Å². The standard InChI is InChI=1S/C19H21N3O2/c1-4-21-16(23)6-5-13-8-15-11(2)7-12(3)22-14(9-20)10-24-19(17(13)21)18(15)22/h5-8,14H,3-4,9-10,20H2,1-2H3. The van der Waals surface area contributed by atoms with Crippen molar-refractivity contribution in [2.75, 3.05) is 18.1 Å². The molecule has 1 aromatic carbocycles. The summed E-state index contributed by atoms with van der Waals surface area (Å²) in [4.78, 5) is 14.5. The van der Waals surface area contributed by atoms with Crippen LogP contribution in [0.15, 0.2) is 41.3 Å². The van der Waals surface area contributed by atoms with E-state index in [2.05, 4.69) is 30.5 Å². The summed E-state index contributed by atoms with van der Waals surface area (Å²) in [6.45, 7) is 9.82. The van der Waals surface area contributed by atoms with Gasteiger partial charge in [0.05, 0.1) is 17.2 Å². The van der Waals surface area contributed by atoms with E-state index in [1.54, 1.807) is 10.6 Å². The second-order valence-corrected chi connectivity index (χ2v) is 6.34. The monoisotopic (exact) mass is 323 g/mol. The number of rotatable bonds is 2. The second-order valence-electron chi connectivity index (χ2n) is 6.34. The molecular weight excluding hydrogens is 302 g/mol. The van der Waals surface area contributed by atoms with Crippen LogP contribution in [0.1, 0.15) is 19.4 Å². The van der Waals surface area contributed by atoms with Crippen LogP contribution in [0, 0.1) is 0 Å². The van der Waals surface area contributed by atoms with Crippen LogP contribution in [0.4, 0.5) is 5.69 Å². The third kappa shape index (κ3) is 1.88. The third-order valence-electron chi connectivity index (χ3n) is 4.93. The maximum atomic E-state index is 12.3. The molecule has 2 aromatic rings. The number of anilines is 1. The highest BCUT2D eigenvalue weighted by atomic mass is 16.5. The molecule has 0 spiro atoms. The lowest BCUT2D eigenvalue weighted by atomic mass is 9.93. The lowest BCUT2D eigenvalue weighted by Crippen LogP contribution is -2.48. The van der Waals surface area contributed by atoms with E-state index in [4.69, 9.17) is 10.5 Å². The number of nitrogens with two attached hydrogens (primary N) is 1. The quantitative estimate of drug-likeness (QED) is 0.922. The van der Waals surface area contributed by atoms with Gasteiger partial charge in [0.15, 0.2) is 5.75 Å². The van der Waals surface area contributed by atoms with Crippen LogP contribution in [-0.4, -0.2) is 23.8 Å². The number of aryl methyl sites for hydroxylation is 1. The number of fused-ring (bicyclic) bond motifs is 2. The van der Waals surface area contributed by atoms with Crippen molar-refractivity contribution in [2.45, 2.75) is 26.4 Å². The van der Waals surface area contributed by atoms with Crippen LogP contribution in [0.3, 0.4) is 0 Å². The van der Waals surface area contributed by atoms with Crippen LogP contribution in [0.5, 0.6) is 5.75 Å². The molecule has 1 unspecified atom stereocenters. The number of nitrogens with zero attached hydrogens (tertiary/aromatic N) is 2. The second kappa shape index (κ2) is 5.24. The number of hydrogen-bond acceptors (Lipinski definition) is 4. The fourth-order valence-corrected chi connectivity index (χ4v) is 3.80. The molecule has 3 heterocycles. The van der Waals surface area contributed by atoms with Gasteiger partial charge in [-0.15, -0.1) is 0 Å². The summed E-state index contributed by atoms with van der Waals surface area (Å²) >= 11 is 0. The largest absolute Gasteiger partial charge is 0.487 e. The van der Waals surface area contributed by atoms with E-state index in [0.717, 1.165) is 39.2 Å². The van der Waals surface area contributed by atoms with Crippen molar-refractivity contribution in [2.24, 2.45) is 5.73 Å². The molecule has 0 bridgehead atoms. The maximum absolute atomic E-state index is 12.3. The average molecular weight is 323 g/mol. The van der Waals surface area contributed by atoms with Gasteiger partial charge in [-0.1, -0.05) is 6.58 Å². The molecule has 1 atom stereocenters. The van der Waals surface area contributed by atoms with Crippen LogP contribution in [0.2, 0.25) is 0 Å². The zero-order chi connectivity index (χ0) is 17.0. The predicted molar refractivity (Wildman–Crippen MR) is 97.5 cm³/mol. The summed E-state index contributed by atoms with van der Waals surface area (Å²) < 4.78 is 7.90. The van der Waals surface area contributed by atoms with Crippen molar-refractivity contribution >= 4 is 22.2 Å². The van der Waals surface area contributed by atoms with Crippen molar-refractivity contribution in [3.8, 4) is 5.75 Å². The van der Waals surface area contributed by atoms with E-state index < -0.39 is 0 Å². The summed E-state index contributed by atoms with van der Waals surface area (Å²) in [6.07, 6.45) is 2.09. The molecule has 24 heavy (non-hydrogen) atoms. The van der Waals surface area contributed by atoms with Crippen LogP contribution in [-0.2, 0) is 6.54 Å². The number of allylic oxidation sites excluding steroid dienone is 2. The summed E-state index contributed by atoms with van der Waals surface area (Å²) in [6, 6.07) is 5.68. The summed E-state index contributed by atoms with van der Waals surface area (Å²) in [5.74, 6) is 0.764. The lowest BCUT2D eigenvalue weighted by Gasteiger charge is -2.42. The molecule has 2 aliphatic heterocycles. The molecular formula is C19H21N3O2. The van der Waals surface area contributed by atoms with E-state index >= 15 is 0 Å². The van der Waals surface area contributed by atoms with Crippen LogP contribution >= 0.6 is 0 Å². The maximum Gasteiger partial charge on any atom is 0.251 e. The van der Waals surface area contributed by atoms with Gasteiger partial charge in [-0.3, -0.25) is 4.79 Å². The van der Waals surface area contributed by atoms with Crippen molar-refractivity contribution in [3.05, 3.63) is 52.5 Å². The first-order valence-corrected chi connectivity index (χ1v) is 8.27. The molecule has 0 fully saturated rings. The minimum absolute atomic E-state index is 0.0146. The number of benzene rings is 1. The van der Waals surface area contributed by atoms with Crippen LogP contribution in [0.25, 0.3) is 16.5 Å². The Balaban J connectivity index is 2.15. The molecule has 2 aliphatic rings. The highest BCUT2D eigenvalue weighted by Gasteiger charge is 2.35. The van der Waals surface area contributed by atoms with E-state index in [-0.39, 0.29) is 11.6 Å². The molecule has 5 heteroatoms. The van der Waals surface area contributed by atoms with Crippen molar-refractivity contribution in [1.82, 2.24) is 4.57 Å². The Morgan fingerprint density at radius 2 is 2.21 bits per heavy atom. The fraction of sp³-hybridized carbons (Fsp3) is 0.316. The molecule has 124 valence electrons. The normalized spacial score (nSPS) is 19.1. The highest BCUT2D eigenvalue weighted by molar-refractivity contribution is 6.00. The van der Waals surface area contributed by atoms with Crippen molar-refractivity contribution in [3.63, 3.8) is 0 Å². The van der Waals surface area contributed by atoms with Gasteiger partial charge < -0.3 is 19.9 Å². The van der Waals surface area contributed by atoms with Gasteiger partial charge in [-0.05, 0) is 37.6 Å². The van der Waals surface area contributed by atoms with E-state index in [1.807, 2.05) is 13.0 Å². The van der Waals surface area contributed by atoms with Gasteiger partial charge in [0.25, 0.3) is 5.56 Å².